The van der Waals surface area contributed by atoms with Crippen molar-refractivity contribution < 1.29 is 46.9 Å². The summed E-state index contributed by atoms with van der Waals surface area (Å²) in [7, 11) is 7.56. The van der Waals surface area contributed by atoms with Crippen LogP contribution in [0, 0.1) is 11.6 Å². The van der Waals surface area contributed by atoms with Crippen LogP contribution in [-0.2, 0) is 4.65 Å². The second-order valence-corrected chi connectivity index (χ2v) is 23.8. The van der Waals surface area contributed by atoms with E-state index in [0.29, 0.717) is 54.4 Å². The first-order valence-electron chi connectivity index (χ1n) is 29.4. The van der Waals surface area contributed by atoms with Crippen molar-refractivity contribution in [3.8, 4) is 11.5 Å². The Morgan fingerprint density at radius 3 is 1.22 bits per heavy atom. The molecule has 5 heterocycles. The lowest BCUT2D eigenvalue weighted by Crippen LogP contribution is -2.47. The molecule has 3 fully saturated rings. The molecule has 31 heteroatoms. The number of nitrogen functional groups attached to an aromatic ring is 3. The number of amides is 5. The average Bonchev–Trinajstić information content (AvgIpc) is 0.825. The molecule has 5 aromatic carbocycles. The fourth-order valence-corrected chi connectivity index (χ4v) is 11.0. The summed E-state index contributed by atoms with van der Waals surface area (Å²) in [6.07, 6.45) is -0.802. The van der Waals surface area contributed by atoms with Gasteiger partial charge in [-0.2, -0.15) is 0 Å². The molecular weight excluding hydrogens is 1300 g/mol. The highest BCUT2D eigenvalue weighted by Crippen LogP contribution is 2.39. The first-order valence-corrected chi connectivity index (χ1v) is 30.9. The number of benzene rings is 5. The van der Waals surface area contributed by atoms with Crippen molar-refractivity contribution in [3.05, 3.63) is 180 Å². The standard InChI is InChI=1S/C26H28BCl2FN6O4.C25H25Cl2FN6O3.C12H17N3O.B/c1-27(39-3)23(21-17(28)8-9-18(30)22(21)29)40-20-14-19(33-34-24(20)31)25(37)32-16-6-4-15(5-7-16)26(38)36-12-10-35(2)11-13-36;1-14(21-17(26)7-8-18(28)22(21)27)37-20-13-19(31-32-23(20)29)24(35)30-16-5-3-15(4-6-16)25(36)34-11-9-33(2)10-12-34;1-14-6-8-15(9-7-14)12(16)10-2-4-11(13)5-3-10;/h4-9,14,23H,10-13H2,1-3H3,(H2,31,34)(H,32,37);3-8,13-14H,9-12H2,1-2H3,(H2,29,32)(H,30,35);2-5H,6-9,13H2,1H3;/t;14-;;/m.1../s1. The number of nitrogens with one attached hydrogen (secondary N) is 2. The first-order chi connectivity index (χ1) is 44.4. The Morgan fingerprint density at radius 1 is 0.511 bits per heavy atom. The molecule has 5 amide bonds. The minimum atomic E-state index is -0.992. The molecule has 0 spiro atoms. The van der Waals surface area contributed by atoms with Crippen molar-refractivity contribution in [1.29, 1.82) is 0 Å². The zero-order valence-electron chi connectivity index (χ0n) is 52.4. The number of aromatic nitrogens is 4. The molecule has 0 aliphatic carbocycles. The van der Waals surface area contributed by atoms with Crippen molar-refractivity contribution in [2.24, 2.45) is 0 Å². The summed E-state index contributed by atoms with van der Waals surface area (Å²) in [5.74, 6) is -2.62. The highest BCUT2D eigenvalue weighted by Gasteiger charge is 2.33. The van der Waals surface area contributed by atoms with Gasteiger partial charge in [0.2, 0.25) is 0 Å². The number of piperazine rings is 3. The van der Waals surface area contributed by atoms with Gasteiger partial charge in [-0.25, -0.2) is 8.78 Å². The molecule has 23 nitrogen and oxygen atoms in total. The van der Waals surface area contributed by atoms with Crippen LogP contribution in [0.1, 0.15) is 82.2 Å². The van der Waals surface area contributed by atoms with Crippen LogP contribution in [0.5, 0.6) is 11.5 Å². The van der Waals surface area contributed by atoms with E-state index >= 15 is 0 Å². The number of nitrogens with zero attached hydrogens (tertiary/aromatic N) is 10. The van der Waals surface area contributed by atoms with E-state index in [1.54, 1.807) is 91.4 Å². The second kappa shape index (κ2) is 33.6. The molecule has 493 valence electrons. The van der Waals surface area contributed by atoms with E-state index in [2.05, 4.69) is 52.8 Å². The summed E-state index contributed by atoms with van der Waals surface area (Å²) in [4.78, 5) is 75.4. The van der Waals surface area contributed by atoms with Gasteiger partial charge >= 0.3 is 6.92 Å². The molecule has 0 bridgehead atoms. The molecule has 2 aromatic heterocycles. The Balaban J connectivity index is 0.000000214. The molecule has 3 radical (unpaired) electrons. The topological polar surface area (TPSA) is 286 Å². The Labute approximate surface area is 565 Å². The molecule has 2 atom stereocenters. The van der Waals surface area contributed by atoms with Gasteiger partial charge in [-0.15, -0.1) is 20.4 Å². The van der Waals surface area contributed by atoms with Gasteiger partial charge < -0.3 is 71.4 Å². The minimum Gasteiger partial charge on any atom is -0.487 e. The summed E-state index contributed by atoms with van der Waals surface area (Å²) in [6, 6.07) is 26.9. The Bertz CT molecular complexity index is 3800. The number of anilines is 5. The van der Waals surface area contributed by atoms with Gasteiger partial charge in [0.1, 0.15) is 23.7 Å². The molecule has 0 saturated carbocycles. The fourth-order valence-electron chi connectivity index (χ4n) is 9.78. The maximum atomic E-state index is 14.3. The molecule has 94 heavy (non-hydrogen) atoms. The number of likely N-dealkylation sites (N-methyl/N-ethyl adjacent to an activating group) is 3. The van der Waals surface area contributed by atoms with Crippen LogP contribution in [0.3, 0.4) is 0 Å². The fraction of sp³-hybridized carbons (Fsp3) is 0.317. The van der Waals surface area contributed by atoms with Gasteiger partial charge in [0.05, 0.1) is 10.0 Å². The first kappa shape index (κ1) is 73.0. The smallest absolute Gasteiger partial charge is 0.338 e. The van der Waals surface area contributed by atoms with E-state index < -0.39 is 42.5 Å². The van der Waals surface area contributed by atoms with Crippen molar-refractivity contribution >= 4 is 120 Å². The van der Waals surface area contributed by atoms with Gasteiger partial charge in [-0.1, -0.05) is 53.2 Å². The van der Waals surface area contributed by atoms with E-state index in [9.17, 15) is 32.8 Å². The minimum absolute atomic E-state index is 0. The number of hydrogen-bond acceptors (Lipinski definition) is 18. The van der Waals surface area contributed by atoms with Crippen molar-refractivity contribution in [1.82, 2.24) is 49.8 Å². The van der Waals surface area contributed by atoms with Crippen molar-refractivity contribution in [2.75, 3.05) is 135 Å². The Hall–Kier alpha value is -8.40. The lowest BCUT2D eigenvalue weighted by Gasteiger charge is -2.32. The van der Waals surface area contributed by atoms with Crippen LogP contribution in [0.2, 0.25) is 26.9 Å². The van der Waals surface area contributed by atoms with E-state index in [0.717, 1.165) is 70.1 Å². The summed E-state index contributed by atoms with van der Waals surface area (Å²) in [5, 5.41) is 20.7. The number of carbonyl (C=O) groups is 5. The lowest BCUT2D eigenvalue weighted by atomic mass is 9.62. The maximum Gasteiger partial charge on any atom is 0.338 e. The average molecular weight is 1370 g/mol. The third kappa shape index (κ3) is 18.9. The molecule has 1 unspecified atom stereocenters. The Kier molecular flexibility index (Phi) is 26.1. The highest BCUT2D eigenvalue weighted by molar-refractivity contribution is 6.52. The molecule has 7 aromatic rings. The van der Waals surface area contributed by atoms with Crippen LogP contribution in [0.15, 0.2) is 109 Å². The number of rotatable bonds is 15. The zero-order valence-corrected chi connectivity index (χ0v) is 55.4. The van der Waals surface area contributed by atoms with Gasteiger partial charge in [0, 0.05) is 161 Å². The largest absolute Gasteiger partial charge is 0.487 e. The van der Waals surface area contributed by atoms with E-state index in [-0.39, 0.29) is 91.9 Å². The van der Waals surface area contributed by atoms with Crippen LogP contribution < -0.4 is 37.3 Å². The number of halogens is 6. The maximum absolute atomic E-state index is 14.3. The van der Waals surface area contributed by atoms with Crippen LogP contribution in [-0.4, -0.2) is 201 Å². The lowest BCUT2D eigenvalue weighted by molar-refractivity contribution is 0.0657. The van der Waals surface area contributed by atoms with Crippen molar-refractivity contribution in [2.45, 2.75) is 25.9 Å². The summed E-state index contributed by atoms with van der Waals surface area (Å²) in [6.45, 7) is 12.1. The molecule has 3 aliphatic rings. The number of ether oxygens (including phenoxy) is 2. The summed E-state index contributed by atoms with van der Waals surface area (Å²) < 4.78 is 45.4. The monoisotopic (exact) mass is 1360 g/mol. The quantitative estimate of drug-likeness (QED) is 0.0365. The molecular formula is C63H70B2Cl4F2N15O8. The predicted molar refractivity (Wildman–Crippen MR) is 362 cm³/mol. The Morgan fingerprint density at radius 2 is 0.851 bits per heavy atom. The van der Waals surface area contributed by atoms with Crippen LogP contribution in [0.4, 0.5) is 37.5 Å². The number of carbonyl (C=O) groups excluding carboxylic acids is 5. The molecule has 3 saturated heterocycles. The third-order valence-electron chi connectivity index (χ3n) is 15.6. The van der Waals surface area contributed by atoms with Gasteiger partial charge in [0.15, 0.2) is 34.5 Å². The highest BCUT2D eigenvalue weighted by atomic mass is 35.5. The SMILES string of the molecule is CN1CCN(C(=O)c2ccc(N)cc2)CC1.COB(C)C(Oc1cc(C(=O)Nc2ccc(C(=O)N3CCN(C)CC3)cc2)nnc1N)c1c(Cl)ccc(F)c1Cl.C[C@@H](Oc1cc(C(=O)Nc2ccc(C(=O)N3CCN(C)CC3)cc2)nnc1N)c1c(Cl)ccc(F)c1Cl.[B]. The number of hydrogen-bond donors (Lipinski definition) is 5. The van der Waals surface area contributed by atoms with E-state index in [1.807, 2.05) is 23.9 Å². The van der Waals surface area contributed by atoms with Gasteiger partial charge in [0.25, 0.3) is 29.5 Å². The summed E-state index contributed by atoms with van der Waals surface area (Å²) in [5.41, 5.74) is 21.1. The second-order valence-electron chi connectivity index (χ2n) is 22.2. The van der Waals surface area contributed by atoms with Crippen LogP contribution >= 0.6 is 46.4 Å². The van der Waals surface area contributed by atoms with E-state index in [4.69, 9.17) is 77.7 Å². The van der Waals surface area contributed by atoms with Crippen molar-refractivity contribution in [3.63, 3.8) is 0 Å². The molecule has 8 N–H and O–H groups in total. The normalized spacial score (nSPS) is 15.0. The third-order valence-corrected chi connectivity index (χ3v) is 17.0. The van der Waals surface area contributed by atoms with E-state index in [1.165, 1.54) is 31.4 Å². The molecule has 3 aliphatic heterocycles. The van der Waals surface area contributed by atoms with Crippen LogP contribution in [0.25, 0.3) is 0 Å². The van der Waals surface area contributed by atoms with Gasteiger partial charge in [-0.05, 0) is 125 Å². The predicted octanol–water partition coefficient (Wildman–Crippen LogP) is 8.63. The van der Waals surface area contributed by atoms with Gasteiger partial charge in [-0.3, -0.25) is 24.0 Å². The number of nitrogens with two attached hydrogens (primary N) is 3. The zero-order chi connectivity index (χ0) is 67.2. The summed E-state index contributed by atoms with van der Waals surface area (Å²) >= 11 is 24.8. The molecule has 10 rings (SSSR count).